The first kappa shape index (κ1) is 79.4. The lowest BCUT2D eigenvalue weighted by Gasteiger charge is -2.52. The number of carboxylic acids is 1. The van der Waals surface area contributed by atoms with Crippen molar-refractivity contribution >= 4 is 46.4 Å². The zero-order valence-electron chi connectivity index (χ0n) is 57.9. The van der Waals surface area contributed by atoms with Gasteiger partial charge in [0.25, 0.3) is 17.7 Å². The number of aliphatic carboxylic acids is 1. The van der Waals surface area contributed by atoms with Crippen LogP contribution in [0.5, 0.6) is 17.2 Å². The molecule has 0 bridgehead atoms. The molecule has 2 aromatic carbocycles. The number of likely N-dealkylation sites (tertiary alicyclic amines) is 4. The number of pyridine rings is 2. The Morgan fingerprint density at radius 2 is 1.19 bits per heavy atom. The summed E-state index contributed by atoms with van der Waals surface area (Å²) in [5, 5.41) is 59.1. The van der Waals surface area contributed by atoms with Crippen LogP contribution in [0.2, 0.25) is 0 Å². The van der Waals surface area contributed by atoms with Gasteiger partial charge in [0.1, 0.15) is 32.7 Å². The highest BCUT2D eigenvalue weighted by molar-refractivity contribution is 7.10. The summed E-state index contributed by atoms with van der Waals surface area (Å²) in [7, 11) is 0. The van der Waals surface area contributed by atoms with Gasteiger partial charge in [-0.3, -0.25) is 29.1 Å². The molecule has 8 heterocycles. The van der Waals surface area contributed by atoms with Crippen LogP contribution in [0.25, 0.3) is 11.1 Å². The van der Waals surface area contributed by atoms with Crippen molar-refractivity contribution in [3.05, 3.63) is 145 Å². The molecule has 1 aliphatic carbocycles. The molecule has 5 atom stereocenters. The summed E-state index contributed by atoms with van der Waals surface area (Å²) in [6.45, 7) is 1.78. The third-order valence-corrected chi connectivity index (χ3v) is 23.2. The lowest BCUT2D eigenvalue weighted by molar-refractivity contribution is -0.177. The van der Waals surface area contributed by atoms with E-state index in [2.05, 4.69) is 9.97 Å². The van der Waals surface area contributed by atoms with Crippen LogP contribution in [0.4, 0.5) is 52.7 Å². The Bertz CT molecular complexity index is 4110. The molecule has 4 saturated heterocycles. The number of thiophene rings is 2. The number of amides is 3. The van der Waals surface area contributed by atoms with Crippen molar-refractivity contribution in [1.29, 1.82) is 0 Å². The minimum absolute atomic E-state index is 0.0264. The predicted molar refractivity (Wildman–Crippen MR) is 363 cm³/mol. The van der Waals surface area contributed by atoms with E-state index in [1.807, 2.05) is 6.07 Å². The van der Waals surface area contributed by atoms with Crippen molar-refractivity contribution in [2.45, 2.75) is 201 Å². The molecule has 106 heavy (non-hydrogen) atoms. The van der Waals surface area contributed by atoms with Gasteiger partial charge in [0, 0.05) is 98.7 Å². The molecule has 18 nitrogen and oxygen atoms in total. The third kappa shape index (κ3) is 16.4. The van der Waals surface area contributed by atoms with Crippen molar-refractivity contribution in [2.75, 3.05) is 45.9 Å². The Morgan fingerprint density at radius 1 is 0.632 bits per heavy atom. The number of carbonyl (C=O) groups excluding carboxylic acids is 3. The zero-order chi connectivity index (χ0) is 76.5. The lowest BCUT2D eigenvalue weighted by Crippen LogP contribution is -2.68. The molecular weight excluding hydrogens is 1460 g/mol. The minimum atomic E-state index is -5.40. The van der Waals surface area contributed by atoms with Gasteiger partial charge in [0.15, 0.2) is 6.23 Å². The van der Waals surface area contributed by atoms with Crippen molar-refractivity contribution in [2.24, 2.45) is 5.92 Å². The van der Waals surface area contributed by atoms with E-state index in [-0.39, 0.29) is 174 Å². The van der Waals surface area contributed by atoms with E-state index < -0.39 is 165 Å². The fourth-order valence-electron chi connectivity index (χ4n) is 16.1. The predicted octanol–water partition coefficient (Wildman–Crippen LogP) is 14.6. The largest absolute Gasteiger partial charge is 0.490 e. The number of nitrogens with zero attached hydrogens (tertiary/aromatic N) is 6. The smallest absolute Gasteiger partial charge is 0.425 e. The number of ether oxygens (including phenoxy) is 3. The second kappa shape index (κ2) is 31.5. The molecule has 5 fully saturated rings. The number of halogens is 12. The maximum Gasteiger partial charge on any atom is 0.425 e. The van der Waals surface area contributed by atoms with Crippen LogP contribution in [0, 0.1) is 5.92 Å². The molecule has 3 amide bonds. The lowest BCUT2D eigenvalue weighted by atomic mass is 9.77. The molecule has 32 heteroatoms. The van der Waals surface area contributed by atoms with Gasteiger partial charge in [-0.15, -0.1) is 22.7 Å². The SMILES string of the molecule is CCC[C@H]1N(C(=O)c2ncc(-c3cccc(OC4CCC(C(=O)O)CC4)c3C3(O)CCN(C(=O)[C@]4(Oc5csc(C(F)(F)F)c5)CCCN(C(O)c5ncccc5C(F)(F)F)[C@@H]4CCC)CC3)cc2C(F)(F)F)CCC[C@@]1(Oc1csc(C(F)(F)F)c1)C(=O)N1CCC(O)(c2ccccc2CCCO)CC1. The topological polar surface area (TPSA) is 236 Å². The van der Waals surface area contributed by atoms with E-state index in [0.717, 1.165) is 39.7 Å². The molecule has 4 aromatic heterocycles. The van der Waals surface area contributed by atoms with Crippen molar-refractivity contribution in [3.8, 4) is 28.4 Å². The number of benzene rings is 2. The van der Waals surface area contributed by atoms with Gasteiger partial charge in [-0.25, -0.2) is 4.98 Å². The van der Waals surface area contributed by atoms with E-state index in [1.54, 1.807) is 32.0 Å². The molecule has 5 aliphatic rings. The summed E-state index contributed by atoms with van der Waals surface area (Å²) < 4.78 is 197. The maximum absolute atomic E-state index is 16.2. The first-order valence-electron chi connectivity index (χ1n) is 35.4. The fraction of sp³-hybridized carbons (Fsp3) is 0.541. The van der Waals surface area contributed by atoms with E-state index in [0.29, 0.717) is 42.7 Å². The van der Waals surface area contributed by atoms with Crippen LogP contribution in [0.15, 0.2) is 96.0 Å². The molecule has 0 spiro atoms. The van der Waals surface area contributed by atoms with Gasteiger partial charge in [0.2, 0.25) is 11.2 Å². The highest BCUT2D eigenvalue weighted by atomic mass is 32.1. The maximum atomic E-state index is 16.2. The number of aryl methyl sites for hydroxylation is 1. The van der Waals surface area contributed by atoms with Crippen LogP contribution < -0.4 is 14.2 Å². The number of carboxylic acid groups (broad SMARTS) is 1. The number of aliphatic hydroxyl groups excluding tert-OH is 2. The molecule has 576 valence electrons. The Morgan fingerprint density at radius 3 is 1.74 bits per heavy atom. The van der Waals surface area contributed by atoms with Gasteiger partial charge in [-0.05, 0) is 137 Å². The highest BCUT2D eigenvalue weighted by Gasteiger charge is 2.60. The Balaban J connectivity index is 0.948. The van der Waals surface area contributed by atoms with Gasteiger partial charge in [0.05, 0.1) is 52.1 Å². The highest BCUT2D eigenvalue weighted by Crippen LogP contribution is 2.51. The van der Waals surface area contributed by atoms with Crippen LogP contribution in [0.3, 0.4) is 0 Å². The van der Waals surface area contributed by atoms with Gasteiger partial charge in [-0.1, -0.05) is 63.1 Å². The van der Waals surface area contributed by atoms with Crippen LogP contribution in [0.1, 0.15) is 183 Å². The number of aliphatic hydroxyl groups is 4. The molecule has 1 unspecified atom stereocenters. The van der Waals surface area contributed by atoms with E-state index in [9.17, 15) is 69.8 Å². The molecule has 5 N–H and O–H groups in total. The standard InChI is InChI=1S/C74H82F12N6O12S2/c1-3-12-55-69(103-48-39-57(105-42-48)73(81,82)83,24-10-31-91(55)62(94)60-52(71(75,76)77)18-8-30-87-60)66(99)90-35-28-68(101,29-36-90)59-50(16-7-19-54(59)102-47-22-20-45(21-23-47)64(96)97)46-38-53(72(78,79)80)61(88-41-46)63(95)92-32-11-25-70(56(92)13-4-2,104-49-40-58(106-43-49)74(84,85)86)65(98)89-33-26-67(100,27-34-89)51-17-6-5-14-44(51)15-9-37-93/h5-8,14,16-19,30,38-43,45,47,55-56,62,93-94,100-101H,3-4,9-13,15,20-29,31-37H2,1-2H3,(H,96,97)/t45?,47?,55-,56-,62?,69+,70+/m1/s1. The fourth-order valence-corrected chi connectivity index (χ4v) is 17.5. The monoisotopic (exact) mass is 1540 g/mol. The molecule has 4 aliphatic heterocycles. The van der Waals surface area contributed by atoms with Gasteiger partial charge in [-0.2, -0.15) is 52.7 Å². The molecule has 6 aromatic rings. The molecule has 0 radical (unpaired) electrons. The Hall–Kier alpha value is -7.62. The van der Waals surface area contributed by atoms with Crippen LogP contribution in [-0.4, -0.2) is 154 Å². The first-order chi connectivity index (χ1) is 50.1. The second-order valence-corrected chi connectivity index (χ2v) is 29.8. The molecular formula is C74H82F12N6O12S2. The summed E-state index contributed by atoms with van der Waals surface area (Å²) in [4.78, 5) is 69.8. The Kier molecular flexibility index (Phi) is 23.6. The summed E-state index contributed by atoms with van der Waals surface area (Å²) >= 11 is 0.546. The number of piperidine rings is 4. The number of aromatic nitrogens is 2. The zero-order valence-corrected chi connectivity index (χ0v) is 59.6. The molecule has 11 rings (SSSR count). The van der Waals surface area contributed by atoms with Crippen molar-refractivity contribution < 1.29 is 112 Å². The average molecular weight is 1540 g/mol. The van der Waals surface area contributed by atoms with E-state index >= 15 is 27.6 Å². The first-order valence-corrected chi connectivity index (χ1v) is 37.1. The summed E-state index contributed by atoms with van der Waals surface area (Å²) in [5.74, 6) is -5.60. The average Bonchev–Trinajstić information content (AvgIpc) is 0.988. The van der Waals surface area contributed by atoms with Crippen molar-refractivity contribution in [3.63, 3.8) is 0 Å². The third-order valence-electron chi connectivity index (χ3n) is 21.3. The summed E-state index contributed by atoms with van der Waals surface area (Å²) in [6, 6.07) is 12.3. The van der Waals surface area contributed by atoms with Gasteiger partial charge < -0.3 is 54.4 Å². The van der Waals surface area contributed by atoms with Crippen LogP contribution >= 0.6 is 22.7 Å². The minimum Gasteiger partial charge on any atom is -0.490 e. The summed E-state index contributed by atoms with van der Waals surface area (Å²) in [6.07, 6.45) is -20.8. The van der Waals surface area contributed by atoms with Gasteiger partial charge >= 0.3 is 30.7 Å². The number of hydrogen-bond donors (Lipinski definition) is 5. The second-order valence-electron chi connectivity index (χ2n) is 28.0. The number of rotatable bonds is 22. The number of alkyl halides is 12. The number of carbonyl (C=O) groups is 4. The normalized spacial score (nSPS) is 23.6. The van der Waals surface area contributed by atoms with E-state index in [4.69, 9.17) is 14.2 Å². The quantitative estimate of drug-likeness (QED) is 0.0398. The Labute approximate surface area is 610 Å². The van der Waals surface area contributed by atoms with Crippen LogP contribution in [-0.2, 0) is 56.7 Å². The summed E-state index contributed by atoms with van der Waals surface area (Å²) in [5.41, 5.74) is -12.1. The van der Waals surface area contributed by atoms with Crippen molar-refractivity contribution in [1.82, 2.24) is 29.6 Å². The van der Waals surface area contributed by atoms with E-state index in [1.165, 1.54) is 32.9 Å². The molecule has 1 saturated carbocycles. The number of hydrogen-bond acceptors (Lipinski definition) is 16.